The molecule has 3 heterocycles. The second-order valence-corrected chi connectivity index (χ2v) is 5.72. The highest BCUT2D eigenvalue weighted by Gasteiger charge is 2.42. The third kappa shape index (κ3) is 2.82. The minimum Gasteiger partial charge on any atom is -0.323 e. The predicted octanol–water partition coefficient (Wildman–Crippen LogP) is 2.28. The number of fused-ring (bicyclic) bond motifs is 1. The van der Waals surface area contributed by atoms with Crippen molar-refractivity contribution in [2.45, 2.75) is 25.9 Å². The molecule has 1 aliphatic rings. The molecule has 2 aromatic heterocycles. The molecule has 124 valence electrons. The lowest BCUT2D eigenvalue weighted by Crippen LogP contribution is -2.44. The van der Waals surface area contributed by atoms with E-state index in [4.69, 9.17) is 0 Å². The molecule has 0 bridgehead atoms. The van der Waals surface area contributed by atoms with Gasteiger partial charge < -0.3 is 9.88 Å². The number of halogens is 3. The molecule has 0 saturated carbocycles. The molecule has 3 rings (SSSR count). The summed E-state index contributed by atoms with van der Waals surface area (Å²) >= 11 is 0. The first kappa shape index (κ1) is 15.6. The third-order valence-electron chi connectivity index (χ3n) is 4.19. The van der Waals surface area contributed by atoms with Gasteiger partial charge in [0.25, 0.3) is 0 Å². The number of pyridine rings is 1. The van der Waals surface area contributed by atoms with Crippen molar-refractivity contribution < 1.29 is 18.0 Å². The number of aryl methyl sites for hydroxylation is 1. The van der Waals surface area contributed by atoms with Crippen LogP contribution in [-0.2, 0) is 0 Å². The van der Waals surface area contributed by atoms with Crippen LogP contribution in [0.2, 0.25) is 0 Å². The Labute approximate surface area is 128 Å². The Morgan fingerprint density at radius 2 is 2.00 bits per heavy atom. The number of amides is 1. The summed E-state index contributed by atoms with van der Waals surface area (Å²) in [5.41, 5.74) is 0.580. The molecule has 1 saturated heterocycles. The molecule has 0 aliphatic carbocycles. The molecule has 1 aliphatic heterocycles. The van der Waals surface area contributed by atoms with E-state index in [-0.39, 0.29) is 37.1 Å². The largest absolute Gasteiger partial charge is 0.391 e. The number of piperidine rings is 1. The predicted molar refractivity (Wildman–Crippen MR) is 76.2 cm³/mol. The summed E-state index contributed by atoms with van der Waals surface area (Å²) in [4.78, 5) is 27.9. The third-order valence-corrected chi connectivity index (χ3v) is 4.19. The molecule has 1 N–H and O–H groups in total. The van der Waals surface area contributed by atoms with Crippen molar-refractivity contribution in [1.82, 2.24) is 19.7 Å². The number of nitrogens with zero attached hydrogens (tertiary/aromatic N) is 3. The van der Waals surface area contributed by atoms with Crippen LogP contribution in [-0.4, -0.2) is 45.0 Å². The van der Waals surface area contributed by atoms with Gasteiger partial charge in [0.15, 0.2) is 0 Å². The fraction of sp³-hybridized carbons (Fsp3) is 0.500. The van der Waals surface area contributed by atoms with Crippen molar-refractivity contribution >= 4 is 17.1 Å². The van der Waals surface area contributed by atoms with Gasteiger partial charge in [-0.1, -0.05) is 0 Å². The van der Waals surface area contributed by atoms with Gasteiger partial charge in [-0.25, -0.2) is 4.79 Å². The van der Waals surface area contributed by atoms with Crippen LogP contribution in [0.3, 0.4) is 0 Å². The van der Waals surface area contributed by atoms with Crippen LogP contribution < -0.4 is 5.56 Å². The first-order chi connectivity index (χ1) is 10.8. The second-order valence-electron chi connectivity index (χ2n) is 5.72. The minimum atomic E-state index is -4.23. The molecule has 0 radical (unpaired) electrons. The van der Waals surface area contributed by atoms with Crippen LogP contribution in [0.5, 0.6) is 0 Å². The average Bonchev–Trinajstić information content (AvgIpc) is 2.89. The molecule has 0 atom stereocenters. The van der Waals surface area contributed by atoms with Gasteiger partial charge in [-0.15, -0.1) is 0 Å². The van der Waals surface area contributed by atoms with Crippen LogP contribution in [0, 0.1) is 12.8 Å². The maximum Gasteiger partial charge on any atom is 0.391 e. The Kier molecular flexibility index (Phi) is 3.65. The molecular weight excluding hydrogens is 313 g/mol. The number of likely N-dealkylation sites (tertiary alicyclic amines) is 1. The number of aromatic amines is 1. The monoisotopic (exact) mass is 328 g/mol. The Bertz CT molecular complexity index is 800. The topological polar surface area (TPSA) is 71.0 Å². The van der Waals surface area contributed by atoms with Crippen LogP contribution in [0.1, 0.15) is 18.4 Å². The SMILES string of the molecule is Cc1cc(=O)[nH]c2c1cnn2C(=O)N1CCC(C(F)(F)F)CC1. The quantitative estimate of drug-likeness (QED) is 0.806. The highest BCUT2D eigenvalue weighted by molar-refractivity contribution is 5.89. The molecule has 1 amide bonds. The summed E-state index contributed by atoms with van der Waals surface area (Å²) in [5, 5.41) is 4.60. The number of hydrogen-bond acceptors (Lipinski definition) is 3. The zero-order valence-electron chi connectivity index (χ0n) is 12.4. The van der Waals surface area contributed by atoms with Crippen molar-refractivity contribution in [1.29, 1.82) is 0 Å². The Morgan fingerprint density at radius 1 is 1.35 bits per heavy atom. The fourth-order valence-electron chi connectivity index (χ4n) is 2.86. The lowest BCUT2D eigenvalue weighted by Gasteiger charge is -2.32. The van der Waals surface area contributed by atoms with Gasteiger partial charge in [0.05, 0.1) is 12.1 Å². The second kappa shape index (κ2) is 5.39. The highest BCUT2D eigenvalue weighted by Crippen LogP contribution is 2.34. The molecule has 6 nitrogen and oxygen atoms in total. The normalized spacial score (nSPS) is 17.0. The number of nitrogens with one attached hydrogen (secondary N) is 1. The fourth-order valence-corrected chi connectivity index (χ4v) is 2.86. The van der Waals surface area contributed by atoms with Crippen molar-refractivity contribution in [2.24, 2.45) is 5.92 Å². The molecule has 0 unspecified atom stereocenters. The maximum atomic E-state index is 12.7. The number of alkyl halides is 3. The minimum absolute atomic E-state index is 0.0143. The smallest absolute Gasteiger partial charge is 0.323 e. The lowest BCUT2D eigenvalue weighted by atomic mass is 9.96. The number of carbonyl (C=O) groups is 1. The number of rotatable bonds is 0. The van der Waals surface area contributed by atoms with E-state index in [1.165, 1.54) is 17.2 Å². The van der Waals surface area contributed by atoms with E-state index >= 15 is 0 Å². The summed E-state index contributed by atoms with van der Waals surface area (Å²) in [7, 11) is 0. The van der Waals surface area contributed by atoms with Crippen molar-refractivity contribution in [3.05, 3.63) is 28.2 Å². The summed E-state index contributed by atoms with van der Waals surface area (Å²) in [5.74, 6) is -1.37. The van der Waals surface area contributed by atoms with E-state index in [2.05, 4.69) is 10.1 Å². The van der Waals surface area contributed by atoms with Crippen LogP contribution in [0.25, 0.3) is 11.0 Å². The van der Waals surface area contributed by atoms with Crippen molar-refractivity contribution in [3.63, 3.8) is 0 Å². The van der Waals surface area contributed by atoms with E-state index in [0.29, 0.717) is 10.9 Å². The Hall–Kier alpha value is -2.32. The Balaban J connectivity index is 1.84. The summed E-state index contributed by atoms with van der Waals surface area (Å²) in [6, 6.07) is 0.870. The van der Waals surface area contributed by atoms with Gasteiger partial charge in [0.2, 0.25) is 5.56 Å². The van der Waals surface area contributed by atoms with Crippen molar-refractivity contribution in [2.75, 3.05) is 13.1 Å². The standard InChI is InChI=1S/C14H15F3N4O2/c1-8-6-11(22)19-12-10(8)7-18-21(12)13(23)20-4-2-9(3-5-20)14(15,16)17/h6-7,9H,2-5H2,1H3,(H,19,22). The first-order valence-corrected chi connectivity index (χ1v) is 7.21. The maximum absolute atomic E-state index is 12.7. The van der Waals surface area contributed by atoms with Crippen LogP contribution in [0.4, 0.5) is 18.0 Å². The number of hydrogen-bond donors (Lipinski definition) is 1. The van der Waals surface area contributed by atoms with Gasteiger partial charge in [0.1, 0.15) is 5.65 Å². The van der Waals surface area contributed by atoms with Crippen molar-refractivity contribution in [3.8, 4) is 0 Å². The highest BCUT2D eigenvalue weighted by atomic mass is 19.4. The molecule has 2 aromatic rings. The van der Waals surface area contributed by atoms with E-state index in [0.717, 1.165) is 4.68 Å². The molecule has 1 fully saturated rings. The van der Waals surface area contributed by atoms with Gasteiger partial charge in [0, 0.05) is 24.5 Å². The van der Waals surface area contributed by atoms with E-state index < -0.39 is 18.1 Å². The first-order valence-electron chi connectivity index (χ1n) is 7.21. The Morgan fingerprint density at radius 3 is 2.61 bits per heavy atom. The van der Waals surface area contributed by atoms with E-state index in [9.17, 15) is 22.8 Å². The number of H-pyrrole nitrogens is 1. The van der Waals surface area contributed by atoms with Gasteiger partial charge in [-0.2, -0.15) is 23.0 Å². The molecule has 9 heteroatoms. The summed E-state index contributed by atoms with van der Waals surface area (Å²) < 4.78 is 39.1. The summed E-state index contributed by atoms with van der Waals surface area (Å²) in [6.07, 6.45) is -3.01. The van der Waals surface area contributed by atoms with E-state index in [1.807, 2.05) is 0 Å². The molecule has 0 aromatic carbocycles. The molecule has 23 heavy (non-hydrogen) atoms. The van der Waals surface area contributed by atoms with Crippen LogP contribution >= 0.6 is 0 Å². The van der Waals surface area contributed by atoms with E-state index in [1.54, 1.807) is 6.92 Å². The van der Waals surface area contributed by atoms with Gasteiger partial charge in [-0.05, 0) is 25.3 Å². The van der Waals surface area contributed by atoms with Crippen LogP contribution in [0.15, 0.2) is 17.1 Å². The van der Waals surface area contributed by atoms with Gasteiger partial charge in [-0.3, -0.25) is 4.79 Å². The molecular formula is C14H15F3N4O2. The lowest BCUT2D eigenvalue weighted by molar-refractivity contribution is -0.183. The number of carbonyl (C=O) groups excluding carboxylic acids is 1. The average molecular weight is 328 g/mol. The molecule has 0 spiro atoms. The van der Waals surface area contributed by atoms with Gasteiger partial charge >= 0.3 is 12.2 Å². The number of aromatic nitrogens is 3. The zero-order chi connectivity index (χ0) is 16.8. The summed E-state index contributed by atoms with van der Waals surface area (Å²) in [6.45, 7) is 1.75. The zero-order valence-corrected chi connectivity index (χ0v) is 12.4.